The van der Waals surface area contributed by atoms with Gasteiger partial charge in [0.15, 0.2) is 5.11 Å². The van der Waals surface area contributed by atoms with Crippen molar-refractivity contribution < 1.29 is 9.47 Å². The lowest BCUT2D eigenvalue weighted by Gasteiger charge is -2.12. The lowest BCUT2D eigenvalue weighted by molar-refractivity contribution is 0.323. The van der Waals surface area contributed by atoms with Crippen LogP contribution in [0.2, 0.25) is 5.02 Å². The summed E-state index contributed by atoms with van der Waals surface area (Å²) in [5.41, 5.74) is 0.783. The third kappa shape index (κ3) is 5.05. The van der Waals surface area contributed by atoms with E-state index in [0.29, 0.717) is 34.9 Å². The van der Waals surface area contributed by atoms with Gasteiger partial charge in [-0.15, -0.1) is 0 Å². The quantitative estimate of drug-likeness (QED) is 0.624. The second-order valence-electron chi connectivity index (χ2n) is 4.25. The third-order valence-corrected chi connectivity index (χ3v) is 3.24. The molecule has 2 aromatic rings. The van der Waals surface area contributed by atoms with Crippen LogP contribution in [0.4, 0.5) is 5.69 Å². The number of ether oxygens (including phenoxy) is 2. The van der Waals surface area contributed by atoms with Crippen molar-refractivity contribution >= 4 is 34.6 Å². The van der Waals surface area contributed by atoms with Crippen molar-refractivity contribution in [2.75, 3.05) is 25.6 Å². The molecule has 0 amide bonds. The van der Waals surface area contributed by atoms with Crippen molar-refractivity contribution in [1.29, 1.82) is 0 Å². The molecule has 0 radical (unpaired) electrons. The summed E-state index contributed by atoms with van der Waals surface area (Å²) in [5, 5.41) is 7.15. The highest BCUT2D eigenvalue weighted by atomic mass is 35.5. The number of nitrogens with one attached hydrogen (secondary N) is 2. The molecule has 22 heavy (non-hydrogen) atoms. The van der Waals surface area contributed by atoms with E-state index in [0.717, 1.165) is 5.69 Å². The Morgan fingerprint density at radius 2 is 2.09 bits per heavy atom. The number of nitrogens with zero attached hydrogens (tertiary/aromatic N) is 1. The summed E-state index contributed by atoms with van der Waals surface area (Å²) >= 11 is 11.2. The number of hydrogen-bond acceptors (Lipinski definition) is 4. The lowest BCUT2D eigenvalue weighted by Crippen LogP contribution is -2.32. The van der Waals surface area contributed by atoms with E-state index in [4.69, 9.17) is 33.3 Å². The second-order valence-corrected chi connectivity index (χ2v) is 5.06. The first-order valence-electron chi connectivity index (χ1n) is 6.61. The van der Waals surface area contributed by atoms with Gasteiger partial charge in [-0.1, -0.05) is 23.7 Å². The summed E-state index contributed by atoms with van der Waals surface area (Å²) in [6.45, 7) is 1.01. The summed E-state index contributed by atoms with van der Waals surface area (Å²) in [6, 6.07) is 10.9. The number of hydrogen-bond donors (Lipinski definition) is 2. The summed E-state index contributed by atoms with van der Waals surface area (Å²) in [6.07, 6.45) is 1.65. The van der Waals surface area contributed by atoms with E-state index in [2.05, 4.69) is 15.6 Å². The highest BCUT2D eigenvalue weighted by Crippen LogP contribution is 2.22. The van der Waals surface area contributed by atoms with Gasteiger partial charge in [0.05, 0.1) is 30.6 Å². The minimum atomic E-state index is 0.451. The van der Waals surface area contributed by atoms with E-state index < -0.39 is 0 Å². The first-order valence-corrected chi connectivity index (χ1v) is 7.40. The number of benzene rings is 1. The van der Waals surface area contributed by atoms with Crippen LogP contribution in [0.3, 0.4) is 0 Å². The van der Waals surface area contributed by atoms with Gasteiger partial charge < -0.3 is 20.1 Å². The zero-order chi connectivity index (χ0) is 15.8. The van der Waals surface area contributed by atoms with Crippen molar-refractivity contribution in [1.82, 2.24) is 10.3 Å². The van der Waals surface area contributed by atoms with Gasteiger partial charge in [-0.2, -0.15) is 0 Å². The molecule has 0 aliphatic carbocycles. The van der Waals surface area contributed by atoms with Gasteiger partial charge in [0.25, 0.3) is 0 Å². The molecule has 7 heteroatoms. The maximum absolute atomic E-state index is 6.00. The summed E-state index contributed by atoms with van der Waals surface area (Å²) < 4.78 is 10.5. The van der Waals surface area contributed by atoms with Crippen LogP contribution in [-0.2, 0) is 0 Å². The summed E-state index contributed by atoms with van der Waals surface area (Å²) in [7, 11) is 1.57. The molecule has 0 saturated heterocycles. The maximum atomic E-state index is 6.00. The molecule has 0 bridgehead atoms. The number of aromatic nitrogens is 1. The Morgan fingerprint density at radius 3 is 2.77 bits per heavy atom. The van der Waals surface area contributed by atoms with Crippen LogP contribution in [0.1, 0.15) is 0 Å². The summed E-state index contributed by atoms with van der Waals surface area (Å²) in [5.74, 6) is 1.21. The standard InChI is InChI=1S/C15H16ClN3O2S/c1-20-14-7-6-11(10-18-14)19-15(22)17-8-9-21-13-5-3-2-4-12(13)16/h2-7,10H,8-9H2,1H3,(H2,17,19,22). The molecular weight excluding hydrogens is 322 g/mol. The number of rotatable bonds is 6. The van der Waals surface area contributed by atoms with E-state index in [1.165, 1.54) is 0 Å². The highest BCUT2D eigenvalue weighted by Gasteiger charge is 2.01. The molecule has 0 spiro atoms. The number of pyridine rings is 1. The highest BCUT2D eigenvalue weighted by molar-refractivity contribution is 7.80. The van der Waals surface area contributed by atoms with Gasteiger partial charge in [0.2, 0.25) is 5.88 Å². The molecule has 0 fully saturated rings. The predicted molar refractivity (Wildman–Crippen MR) is 92.0 cm³/mol. The minimum Gasteiger partial charge on any atom is -0.490 e. The van der Waals surface area contributed by atoms with Crippen molar-refractivity contribution in [3.8, 4) is 11.6 Å². The average molecular weight is 338 g/mol. The molecule has 0 saturated carbocycles. The predicted octanol–water partition coefficient (Wildman–Crippen LogP) is 3.11. The van der Waals surface area contributed by atoms with Crippen LogP contribution in [0, 0.1) is 0 Å². The molecule has 0 aliphatic rings. The number of anilines is 1. The Morgan fingerprint density at radius 1 is 1.27 bits per heavy atom. The fourth-order valence-corrected chi connectivity index (χ4v) is 2.05. The Hall–Kier alpha value is -2.05. The molecule has 116 valence electrons. The number of para-hydroxylation sites is 1. The van der Waals surface area contributed by atoms with E-state index in [1.807, 2.05) is 24.3 Å². The van der Waals surface area contributed by atoms with Crippen LogP contribution in [0.15, 0.2) is 42.6 Å². The normalized spacial score (nSPS) is 9.91. The van der Waals surface area contributed by atoms with Gasteiger partial charge >= 0.3 is 0 Å². The second kappa shape index (κ2) is 8.41. The zero-order valence-corrected chi connectivity index (χ0v) is 13.6. The van der Waals surface area contributed by atoms with Gasteiger partial charge in [-0.05, 0) is 30.4 Å². The van der Waals surface area contributed by atoms with Crippen molar-refractivity contribution in [2.24, 2.45) is 0 Å². The largest absolute Gasteiger partial charge is 0.490 e. The molecule has 5 nitrogen and oxygen atoms in total. The van der Waals surface area contributed by atoms with Crippen molar-refractivity contribution in [3.63, 3.8) is 0 Å². The van der Waals surface area contributed by atoms with E-state index >= 15 is 0 Å². The van der Waals surface area contributed by atoms with Crippen LogP contribution in [0.25, 0.3) is 0 Å². The smallest absolute Gasteiger partial charge is 0.213 e. The molecular formula is C15H16ClN3O2S. The van der Waals surface area contributed by atoms with Crippen molar-refractivity contribution in [3.05, 3.63) is 47.6 Å². The summed E-state index contributed by atoms with van der Waals surface area (Å²) in [4.78, 5) is 4.08. The molecule has 0 unspecified atom stereocenters. The molecule has 0 aliphatic heterocycles. The fraction of sp³-hybridized carbons (Fsp3) is 0.200. The van der Waals surface area contributed by atoms with Crippen LogP contribution >= 0.6 is 23.8 Å². The van der Waals surface area contributed by atoms with Crippen LogP contribution < -0.4 is 20.1 Å². The molecule has 2 N–H and O–H groups in total. The SMILES string of the molecule is COc1ccc(NC(=S)NCCOc2ccccc2Cl)cn1. The van der Waals surface area contributed by atoms with Crippen LogP contribution in [0.5, 0.6) is 11.6 Å². The number of halogens is 1. The Bertz CT molecular complexity index is 622. The third-order valence-electron chi connectivity index (χ3n) is 2.69. The van der Waals surface area contributed by atoms with Crippen LogP contribution in [-0.4, -0.2) is 30.4 Å². The molecule has 1 aromatic carbocycles. The Balaban J connectivity index is 1.70. The van der Waals surface area contributed by atoms with Gasteiger partial charge in [0, 0.05) is 6.07 Å². The van der Waals surface area contributed by atoms with Gasteiger partial charge in [0.1, 0.15) is 12.4 Å². The van der Waals surface area contributed by atoms with E-state index in [-0.39, 0.29) is 0 Å². The molecule has 2 rings (SSSR count). The zero-order valence-electron chi connectivity index (χ0n) is 12.0. The Kier molecular flexibility index (Phi) is 6.24. The number of methoxy groups -OCH3 is 1. The van der Waals surface area contributed by atoms with E-state index in [9.17, 15) is 0 Å². The molecule has 1 aromatic heterocycles. The molecule has 0 atom stereocenters. The topological polar surface area (TPSA) is 55.4 Å². The minimum absolute atomic E-state index is 0.451. The van der Waals surface area contributed by atoms with Gasteiger partial charge in [-0.3, -0.25) is 0 Å². The van der Waals surface area contributed by atoms with Crippen molar-refractivity contribution in [2.45, 2.75) is 0 Å². The Labute approximate surface area is 139 Å². The maximum Gasteiger partial charge on any atom is 0.213 e. The van der Waals surface area contributed by atoms with E-state index in [1.54, 1.807) is 25.4 Å². The average Bonchev–Trinajstić information content (AvgIpc) is 2.54. The monoisotopic (exact) mass is 337 g/mol. The first-order chi connectivity index (χ1) is 10.7. The lowest BCUT2D eigenvalue weighted by atomic mass is 10.3. The first kappa shape index (κ1) is 16.3. The number of thiocarbonyl (C=S) groups is 1. The fourth-order valence-electron chi connectivity index (χ4n) is 1.64. The molecule has 1 heterocycles. The van der Waals surface area contributed by atoms with Gasteiger partial charge in [-0.25, -0.2) is 4.98 Å².